The van der Waals surface area contributed by atoms with Crippen LogP contribution in [0.2, 0.25) is 0 Å². The first-order valence-corrected chi connectivity index (χ1v) is 7.34. The first-order chi connectivity index (χ1) is 10.6. The monoisotopic (exact) mass is 312 g/mol. The molecule has 0 aliphatic rings. The van der Waals surface area contributed by atoms with Gasteiger partial charge in [0.25, 0.3) is 5.56 Å². The van der Waals surface area contributed by atoms with Crippen molar-refractivity contribution < 1.29 is 9.90 Å². The fraction of sp³-hybridized carbons (Fsp3) is 0. The largest absolute Gasteiger partial charge is 0.477 e. The maximum atomic E-state index is 12.0. The van der Waals surface area contributed by atoms with Crippen molar-refractivity contribution in [1.82, 2.24) is 9.78 Å². The van der Waals surface area contributed by atoms with Gasteiger partial charge in [0.1, 0.15) is 5.69 Å². The Balaban J connectivity index is 2.05. The summed E-state index contributed by atoms with van der Waals surface area (Å²) in [5, 5.41) is 11.6. The summed E-state index contributed by atoms with van der Waals surface area (Å²) in [4.78, 5) is 24.9. The van der Waals surface area contributed by atoms with Crippen molar-refractivity contribution >= 4 is 17.7 Å². The molecule has 0 saturated carbocycles. The van der Waals surface area contributed by atoms with Gasteiger partial charge in [0.15, 0.2) is 0 Å². The van der Waals surface area contributed by atoms with E-state index < -0.39 is 11.5 Å². The molecule has 2 aromatic carbocycles. The lowest BCUT2D eigenvalue weighted by atomic mass is 10.3. The van der Waals surface area contributed by atoms with Gasteiger partial charge in [-0.05, 0) is 24.3 Å². The Morgan fingerprint density at radius 2 is 1.73 bits per heavy atom. The van der Waals surface area contributed by atoms with Crippen LogP contribution in [0.25, 0.3) is 5.69 Å². The van der Waals surface area contributed by atoms with Crippen molar-refractivity contribution in [3.05, 3.63) is 76.7 Å². The maximum absolute atomic E-state index is 12.0. The van der Waals surface area contributed by atoms with Crippen molar-refractivity contribution in [2.45, 2.75) is 9.79 Å². The fourth-order valence-corrected chi connectivity index (χ4v) is 2.99. The van der Waals surface area contributed by atoms with Gasteiger partial charge in [-0.15, -0.1) is 0 Å². The van der Waals surface area contributed by atoms with Gasteiger partial charge >= 0.3 is 5.97 Å². The number of hydrogen-bond donors (Lipinski definition) is 2. The summed E-state index contributed by atoms with van der Waals surface area (Å²) in [5.41, 5.74) is 0.0804. The van der Waals surface area contributed by atoms with E-state index in [-0.39, 0.29) is 5.69 Å². The summed E-state index contributed by atoms with van der Waals surface area (Å²) >= 11 is 1.51. The van der Waals surface area contributed by atoms with Gasteiger partial charge in [0, 0.05) is 15.9 Å². The van der Waals surface area contributed by atoms with Crippen LogP contribution in [-0.2, 0) is 0 Å². The molecule has 1 heterocycles. The quantitative estimate of drug-likeness (QED) is 0.776. The van der Waals surface area contributed by atoms with Crippen LogP contribution in [0, 0.1) is 0 Å². The summed E-state index contributed by atoms with van der Waals surface area (Å²) in [7, 11) is 0. The molecule has 6 heteroatoms. The summed E-state index contributed by atoms with van der Waals surface area (Å²) in [6.07, 6.45) is 0. The number of carboxylic acid groups (broad SMARTS) is 1. The van der Waals surface area contributed by atoms with E-state index >= 15 is 0 Å². The lowest BCUT2D eigenvalue weighted by Crippen LogP contribution is -2.14. The minimum Gasteiger partial charge on any atom is -0.477 e. The molecule has 0 fully saturated rings. The average molecular weight is 312 g/mol. The summed E-state index contributed by atoms with van der Waals surface area (Å²) in [6.45, 7) is 0. The first-order valence-electron chi connectivity index (χ1n) is 6.53. The Morgan fingerprint density at radius 3 is 2.41 bits per heavy atom. The van der Waals surface area contributed by atoms with E-state index in [4.69, 9.17) is 5.11 Å². The van der Waals surface area contributed by atoms with Gasteiger partial charge in [-0.25, -0.2) is 9.48 Å². The Labute approximate surface area is 130 Å². The first kappa shape index (κ1) is 14.2. The highest BCUT2D eigenvalue weighted by molar-refractivity contribution is 7.99. The van der Waals surface area contributed by atoms with E-state index in [1.165, 1.54) is 16.4 Å². The van der Waals surface area contributed by atoms with Crippen molar-refractivity contribution in [1.29, 1.82) is 0 Å². The number of rotatable bonds is 4. The molecule has 3 aromatic rings. The standard InChI is InChI=1S/C16H12N2O3S/c19-15-10-12(16(20)21)17-18(15)13-8-4-5-9-14(13)22-11-6-2-1-3-7-11/h1-10,17H,(H,20,21). The Kier molecular flexibility index (Phi) is 3.84. The van der Waals surface area contributed by atoms with E-state index in [0.717, 1.165) is 15.9 Å². The van der Waals surface area contributed by atoms with Crippen LogP contribution in [-0.4, -0.2) is 20.9 Å². The van der Waals surface area contributed by atoms with E-state index in [1.54, 1.807) is 12.1 Å². The second-order valence-corrected chi connectivity index (χ2v) is 5.65. The molecule has 110 valence electrons. The number of nitrogens with one attached hydrogen (secondary N) is 1. The molecular formula is C16H12N2O3S. The SMILES string of the molecule is O=C(O)c1cc(=O)n(-c2ccccc2Sc2ccccc2)[nH]1. The second kappa shape index (κ2) is 5.95. The van der Waals surface area contributed by atoms with Crippen LogP contribution in [0.4, 0.5) is 0 Å². The molecule has 3 rings (SSSR count). The number of benzene rings is 2. The number of aromatic amines is 1. The smallest absolute Gasteiger partial charge is 0.353 e. The van der Waals surface area contributed by atoms with Crippen molar-refractivity contribution in [2.75, 3.05) is 0 Å². The van der Waals surface area contributed by atoms with Crippen LogP contribution in [0.5, 0.6) is 0 Å². The molecule has 0 unspecified atom stereocenters. The molecule has 0 amide bonds. The molecule has 0 aliphatic carbocycles. The molecule has 0 radical (unpaired) electrons. The van der Waals surface area contributed by atoms with E-state index in [1.807, 2.05) is 42.5 Å². The van der Waals surface area contributed by atoms with Gasteiger partial charge in [-0.3, -0.25) is 9.89 Å². The minimum absolute atomic E-state index is 0.135. The number of para-hydroxylation sites is 1. The minimum atomic E-state index is -1.16. The number of carbonyl (C=O) groups is 1. The van der Waals surface area contributed by atoms with Gasteiger partial charge in [0.05, 0.1) is 5.69 Å². The van der Waals surface area contributed by atoms with Gasteiger partial charge < -0.3 is 5.11 Å². The Morgan fingerprint density at radius 1 is 1.05 bits per heavy atom. The number of H-pyrrole nitrogens is 1. The molecule has 22 heavy (non-hydrogen) atoms. The van der Waals surface area contributed by atoms with Crippen molar-refractivity contribution in [2.24, 2.45) is 0 Å². The van der Waals surface area contributed by atoms with Gasteiger partial charge in [-0.2, -0.15) is 0 Å². The number of nitrogens with zero attached hydrogens (tertiary/aromatic N) is 1. The highest BCUT2D eigenvalue weighted by atomic mass is 32.2. The van der Waals surface area contributed by atoms with Crippen LogP contribution < -0.4 is 5.56 Å². The second-order valence-electron chi connectivity index (χ2n) is 4.53. The zero-order valence-corrected chi connectivity index (χ0v) is 12.2. The van der Waals surface area contributed by atoms with Crippen LogP contribution in [0.1, 0.15) is 10.5 Å². The molecule has 0 spiro atoms. The molecule has 2 N–H and O–H groups in total. The number of aromatic nitrogens is 2. The van der Waals surface area contributed by atoms with Crippen molar-refractivity contribution in [3.8, 4) is 5.69 Å². The summed E-state index contributed by atoms with van der Waals surface area (Å²) in [5.74, 6) is -1.16. The molecule has 0 aliphatic heterocycles. The predicted octanol–water partition coefficient (Wildman–Crippen LogP) is 3.02. The molecule has 1 aromatic heterocycles. The molecule has 0 atom stereocenters. The van der Waals surface area contributed by atoms with Gasteiger partial charge in [-0.1, -0.05) is 42.1 Å². The zero-order chi connectivity index (χ0) is 15.5. The van der Waals surface area contributed by atoms with E-state index in [2.05, 4.69) is 5.10 Å². The summed E-state index contributed by atoms with van der Waals surface area (Å²) < 4.78 is 1.24. The number of carboxylic acids is 1. The highest BCUT2D eigenvalue weighted by Crippen LogP contribution is 2.31. The summed E-state index contributed by atoms with van der Waals surface area (Å²) in [6, 6.07) is 18.2. The van der Waals surface area contributed by atoms with Crippen molar-refractivity contribution in [3.63, 3.8) is 0 Å². The molecule has 5 nitrogen and oxygen atoms in total. The Bertz CT molecular complexity index is 868. The lowest BCUT2D eigenvalue weighted by Gasteiger charge is -2.09. The fourth-order valence-electron chi connectivity index (χ4n) is 2.03. The normalized spacial score (nSPS) is 10.5. The maximum Gasteiger partial charge on any atom is 0.353 e. The zero-order valence-electron chi connectivity index (χ0n) is 11.4. The number of aromatic carboxylic acids is 1. The number of hydrogen-bond acceptors (Lipinski definition) is 3. The molecule has 0 bridgehead atoms. The third kappa shape index (κ3) is 2.82. The average Bonchev–Trinajstić information content (AvgIpc) is 2.91. The lowest BCUT2D eigenvalue weighted by molar-refractivity contribution is 0.0690. The van der Waals surface area contributed by atoms with Crippen LogP contribution in [0.3, 0.4) is 0 Å². The van der Waals surface area contributed by atoms with E-state index in [9.17, 15) is 9.59 Å². The third-order valence-corrected chi connectivity index (χ3v) is 4.10. The topological polar surface area (TPSA) is 75.1 Å². The van der Waals surface area contributed by atoms with E-state index in [0.29, 0.717) is 5.69 Å². The Hall–Kier alpha value is -2.73. The molecule has 0 saturated heterocycles. The third-order valence-electron chi connectivity index (χ3n) is 3.03. The molecular weight excluding hydrogens is 300 g/mol. The predicted molar refractivity (Wildman–Crippen MR) is 83.9 cm³/mol. The van der Waals surface area contributed by atoms with Crippen LogP contribution in [0.15, 0.2) is 75.2 Å². The van der Waals surface area contributed by atoms with Crippen LogP contribution >= 0.6 is 11.8 Å². The van der Waals surface area contributed by atoms with Gasteiger partial charge in [0.2, 0.25) is 0 Å². The highest BCUT2D eigenvalue weighted by Gasteiger charge is 2.13.